The smallest absolute Gasteiger partial charge is 0.258 e. The largest absolute Gasteiger partial charge is 0.270 e. The van der Waals surface area contributed by atoms with Crippen molar-refractivity contribution < 1.29 is 13.3 Å². The summed E-state index contributed by atoms with van der Waals surface area (Å²) in [6.45, 7) is 0. The normalized spacial score (nSPS) is 11.6. The summed E-state index contributed by atoms with van der Waals surface area (Å²) in [6, 6.07) is 13.7. The predicted octanol–water partition coefficient (Wildman–Crippen LogP) is 2.79. The molecule has 0 aliphatic carbocycles. The number of non-ortho nitro benzene ring substituents is 1. The summed E-state index contributed by atoms with van der Waals surface area (Å²) in [5, 5.41) is 11.3. The van der Waals surface area contributed by atoms with Gasteiger partial charge in [-0.2, -0.15) is 0 Å². The molecule has 0 radical (unpaired) electrons. The fourth-order valence-corrected chi connectivity index (χ4v) is 3.51. The van der Waals surface area contributed by atoms with Crippen molar-refractivity contribution in [3.8, 4) is 0 Å². The highest BCUT2D eigenvalue weighted by atomic mass is 32.2. The molecule has 1 aromatic heterocycles. The lowest BCUT2D eigenvalue weighted by Gasteiger charge is -2.07. The zero-order chi connectivity index (χ0) is 15.0. The van der Waals surface area contributed by atoms with Gasteiger partial charge in [0.25, 0.3) is 15.7 Å². The van der Waals surface area contributed by atoms with E-state index in [9.17, 15) is 18.5 Å². The molecule has 0 amide bonds. The Labute approximate surface area is 120 Å². The van der Waals surface area contributed by atoms with E-state index >= 15 is 0 Å². The molecule has 0 N–H and O–H groups in total. The van der Waals surface area contributed by atoms with Crippen molar-refractivity contribution in [2.24, 2.45) is 0 Å². The van der Waals surface area contributed by atoms with Crippen molar-refractivity contribution in [2.45, 2.75) is 4.90 Å². The number of nitro benzene ring substituents is 1. The van der Waals surface area contributed by atoms with Crippen LogP contribution in [0.25, 0.3) is 10.9 Å². The van der Waals surface area contributed by atoms with Crippen molar-refractivity contribution in [2.75, 3.05) is 0 Å². The van der Waals surface area contributed by atoms with Crippen LogP contribution in [-0.4, -0.2) is 17.3 Å². The maximum Gasteiger partial charge on any atom is 0.270 e. The molecule has 0 fully saturated rings. The maximum atomic E-state index is 12.6. The Morgan fingerprint density at radius 2 is 1.71 bits per heavy atom. The summed E-state index contributed by atoms with van der Waals surface area (Å²) in [6.07, 6.45) is 1.40. The molecule has 21 heavy (non-hydrogen) atoms. The van der Waals surface area contributed by atoms with Gasteiger partial charge in [0.2, 0.25) is 0 Å². The highest BCUT2D eigenvalue weighted by molar-refractivity contribution is 7.90. The maximum absolute atomic E-state index is 12.6. The van der Waals surface area contributed by atoms with Crippen molar-refractivity contribution in [3.05, 3.63) is 70.9 Å². The molecule has 2 aromatic carbocycles. The minimum Gasteiger partial charge on any atom is -0.258 e. The summed E-state index contributed by atoms with van der Waals surface area (Å²) in [5.41, 5.74) is 0.335. The van der Waals surface area contributed by atoms with Gasteiger partial charge in [0.1, 0.15) is 0 Å². The van der Waals surface area contributed by atoms with Crippen LogP contribution in [0.15, 0.2) is 65.7 Å². The molecule has 106 valence electrons. The zero-order valence-electron chi connectivity index (χ0n) is 10.7. The van der Waals surface area contributed by atoms with E-state index in [1.807, 2.05) is 0 Å². The van der Waals surface area contributed by atoms with Crippen LogP contribution in [0.3, 0.4) is 0 Å². The predicted molar refractivity (Wildman–Crippen MR) is 77.6 cm³/mol. The molecule has 0 bridgehead atoms. The first-order valence-corrected chi connectivity index (χ1v) is 7.50. The van der Waals surface area contributed by atoms with Gasteiger partial charge >= 0.3 is 0 Å². The molecule has 3 aromatic rings. The van der Waals surface area contributed by atoms with Gasteiger partial charge < -0.3 is 0 Å². The quantitative estimate of drug-likeness (QED) is 0.550. The van der Waals surface area contributed by atoms with Crippen LogP contribution in [0.4, 0.5) is 5.69 Å². The molecule has 0 saturated carbocycles. The first-order chi connectivity index (χ1) is 10.00. The topological polar surface area (TPSA) is 82.2 Å². The summed E-state index contributed by atoms with van der Waals surface area (Å²) < 4.78 is 26.2. The molecule has 0 saturated heterocycles. The molecule has 0 spiro atoms. The van der Waals surface area contributed by atoms with Crippen molar-refractivity contribution in [1.29, 1.82) is 0 Å². The number of aromatic nitrogens is 1. The number of nitro groups is 1. The van der Waals surface area contributed by atoms with Crippen LogP contribution in [0, 0.1) is 10.1 Å². The zero-order valence-corrected chi connectivity index (χ0v) is 11.5. The Morgan fingerprint density at radius 1 is 1.00 bits per heavy atom. The molecule has 7 heteroatoms. The van der Waals surface area contributed by atoms with Crippen LogP contribution in [0.2, 0.25) is 0 Å². The van der Waals surface area contributed by atoms with Crippen molar-refractivity contribution >= 4 is 26.6 Å². The third kappa shape index (κ3) is 2.17. The molecule has 0 unspecified atom stereocenters. The van der Waals surface area contributed by atoms with E-state index in [4.69, 9.17) is 0 Å². The third-order valence-electron chi connectivity index (χ3n) is 3.15. The third-order valence-corrected chi connectivity index (χ3v) is 4.85. The Morgan fingerprint density at radius 3 is 2.38 bits per heavy atom. The highest BCUT2D eigenvalue weighted by Gasteiger charge is 2.19. The molecule has 3 rings (SSSR count). The van der Waals surface area contributed by atoms with Crippen molar-refractivity contribution in [1.82, 2.24) is 3.97 Å². The molecular formula is C14H10N2O4S. The number of rotatable bonds is 3. The number of hydrogen-bond donors (Lipinski definition) is 0. The Kier molecular flexibility index (Phi) is 2.99. The second kappa shape index (κ2) is 4.71. The van der Waals surface area contributed by atoms with Gasteiger partial charge in [-0.1, -0.05) is 18.2 Å². The SMILES string of the molecule is O=[N+]([O-])c1ccc2c(ccn2S(=O)(=O)c2ccccc2)c1. The van der Waals surface area contributed by atoms with E-state index in [0.29, 0.717) is 10.9 Å². The van der Waals surface area contributed by atoms with E-state index in [1.165, 1.54) is 36.5 Å². The Hall–Kier alpha value is -2.67. The van der Waals surface area contributed by atoms with Gasteiger partial charge in [0.05, 0.1) is 15.3 Å². The van der Waals surface area contributed by atoms with Gasteiger partial charge in [-0.3, -0.25) is 10.1 Å². The summed E-state index contributed by atoms with van der Waals surface area (Å²) in [5.74, 6) is 0. The molecule has 6 nitrogen and oxygen atoms in total. The summed E-state index contributed by atoms with van der Waals surface area (Å²) >= 11 is 0. The lowest BCUT2D eigenvalue weighted by molar-refractivity contribution is -0.384. The monoisotopic (exact) mass is 302 g/mol. The molecule has 0 aliphatic rings. The van der Waals surface area contributed by atoms with Crippen LogP contribution in [0.1, 0.15) is 0 Å². The van der Waals surface area contributed by atoms with E-state index in [-0.39, 0.29) is 10.6 Å². The second-order valence-electron chi connectivity index (χ2n) is 4.43. The van der Waals surface area contributed by atoms with Gasteiger partial charge in [-0.15, -0.1) is 0 Å². The summed E-state index contributed by atoms with van der Waals surface area (Å²) in [4.78, 5) is 10.4. The first-order valence-electron chi connectivity index (χ1n) is 6.06. The second-order valence-corrected chi connectivity index (χ2v) is 6.24. The first kappa shape index (κ1) is 13.3. The van der Waals surface area contributed by atoms with E-state index in [2.05, 4.69) is 0 Å². The average molecular weight is 302 g/mol. The average Bonchev–Trinajstić information content (AvgIpc) is 2.91. The van der Waals surface area contributed by atoms with Crippen LogP contribution < -0.4 is 0 Å². The minimum atomic E-state index is -3.71. The van der Waals surface area contributed by atoms with Crippen LogP contribution in [-0.2, 0) is 10.0 Å². The van der Waals surface area contributed by atoms with Gasteiger partial charge in [0, 0.05) is 23.7 Å². The summed E-state index contributed by atoms with van der Waals surface area (Å²) in [7, 11) is -3.71. The minimum absolute atomic E-state index is 0.0719. The number of nitrogens with zero attached hydrogens (tertiary/aromatic N) is 2. The fraction of sp³-hybridized carbons (Fsp3) is 0. The molecule has 0 atom stereocenters. The van der Waals surface area contributed by atoms with E-state index < -0.39 is 14.9 Å². The Balaban J connectivity index is 2.20. The molecular weight excluding hydrogens is 292 g/mol. The molecule has 1 heterocycles. The van der Waals surface area contributed by atoms with Gasteiger partial charge in [-0.25, -0.2) is 12.4 Å². The van der Waals surface area contributed by atoms with Crippen molar-refractivity contribution in [3.63, 3.8) is 0 Å². The van der Waals surface area contributed by atoms with Crippen LogP contribution in [0.5, 0.6) is 0 Å². The van der Waals surface area contributed by atoms with Gasteiger partial charge in [0.15, 0.2) is 0 Å². The van der Waals surface area contributed by atoms with Crippen LogP contribution >= 0.6 is 0 Å². The number of hydrogen-bond acceptors (Lipinski definition) is 4. The van der Waals surface area contributed by atoms with E-state index in [1.54, 1.807) is 24.3 Å². The standard InChI is InChI=1S/C14H10N2O4S/c17-16(18)12-6-7-14-11(10-12)8-9-15(14)21(19,20)13-4-2-1-3-5-13/h1-10H. The Bertz CT molecular complexity index is 930. The highest BCUT2D eigenvalue weighted by Crippen LogP contribution is 2.25. The lowest BCUT2D eigenvalue weighted by Crippen LogP contribution is -2.11. The lowest BCUT2D eigenvalue weighted by atomic mass is 10.2. The number of benzene rings is 2. The number of fused-ring (bicyclic) bond motifs is 1. The molecule has 0 aliphatic heterocycles. The van der Waals surface area contributed by atoms with Gasteiger partial charge in [-0.05, 0) is 24.3 Å². The van der Waals surface area contributed by atoms with E-state index in [0.717, 1.165) is 3.97 Å². The fourth-order valence-electron chi connectivity index (χ4n) is 2.13.